The van der Waals surface area contributed by atoms with Crippen LogP contribution in [0.25, 0.3) is 16.6 Å². The van der Waals surface area contributed by atoms with Crippen molar-refractivity contribution in [1.82, 2.24) is 15.2 Å². The third-order valence-corrected chi connectivity index (χ3v) is 6.16. The monoisotopic (exact) mass is 453 g/mol. The molecule has 0 saturated heterocycles. The van der Waals surface area contributed by atoms with Crippen LogP contribution in [-0.4, -0.2) is 27.7 Å². The summed E-state index contributed by atoms with van der Waals surface area (Å²) < 4.78 is 1.89. The summed E-state index contributed by atoms with van der Waals surface area (Å²) in [5, 5.41) is 15.8. The van der Waals surface area contributed by atoms with E-state index in [2.05, 4.69) is 10.6 Å². The Morgan fingerprint density at radius 2 is 1.78 bits per heavy atom. The number of urea groups is 1. The molecule has 3 N–H and O–H groups in total. The summed E-state index contributed by atoms with van der Waals surface area (Å²) in [7, 11) is 0. The number of carboxylic acids is 1. The van der Waals surface area contributed by atoms with Crippen LogP contribution in [0.1, 0.15) is 31.2 Å². The van der Waals surface area contributed by atoms with E-state index in [1.54, 1.807) is 24.4 Å². The van der Waals surface area contributed by atoms with Gasteiger partial charge in [0.1, 0.15) is 0 Å². The molecule has 0 radical (unpaired) electrons. The molecule has 1 aliphatic rings. The quantitative estimate of drug-likeness (QED) is 0.541. The predicted molar refractivity (Wildman–Crippen MR) is 123 cm³/mol. The Morgan fingerprint density at radius 1 is 1.06 bits per heavy atom. The van der Waals surface area contributed by atoms with Crippen LogP contribution in [0.2, 0.25) is 5.02 Å². The fourth-order valence-electron chi connectivity index (χ4n) is 4.18. The number of aliphatic carboxylic acids is 1. The van der Waals surface area contributed by atoms with Gasteiger partial charge in [0, 0.05) is 40.4 Å². The first-order valence-corrected chi connectivity index (χ1v) is 11.0. The standard InChI is InChI=1S/C24H24ClN3O4/c25-17-8-11-20-21(12-17)28(19-4-2-1-3-5-19)14-16(22(20)29)13-26-24(32)27-18-9-6-15(7-10-18)23(30)31/h1-5,8,11-12,14-15,18H,6-7,9-10,13H2,(H,30,31)(H2,26,27,32). The molecule has 0 aliphatic heterocycles. The first-order valence-electron chi connectivity index (χ1n) is 10.6. The van der Waals surface area contributed by atoms with Crippen molar-refractivity contribution >= 4 is 34.5 Å². The van der Waals surface area contributed by atoms with Crippen molar-refractivity contribution in [2.75, 3.05) is 0 Å². The molecule has 32 heavy (non-hydrogen) atoms. The number of fused-ring (bicyclic) bond motifs is 1. The minimum Gasteiger partial charge on any atom is -0.481 e. The largest absolute Gasteiger partial charge is 0.481 e. The van der Waals surface area contributed by atoms with E-state index in [0.29, 0.717) is 47.2 Å². The Balaban J connectivity index is 1.52. The van der Waals surface area contributed by atoms with E-state index in [1.165, 1.54) is 0 Å². The van der Waals surface area contributed by atoms with Gasteiger partial charge in [-0.15, -0.1) is 0 Å². The smallest absolute Gasteiger partial charge is 0.315 e. The number of benzene rings is 2. The second-order valence-corrected chi connectivity index (χ2v) is 8.50. The highest BCUT2D eigenvalue weighted by Crippen LogP contribution is 2.24. The molecule has 3 aromatic rings. The number of halogens is 1. The van der Waals surface area contributed by atoms with Gasteiger partial charge in [-0.1, -0.05) is 29.8 Å². The lowest BCUT2D eigenvalue weighted by Gasteiger charge is -2.26. The number of rotatable bonds is 5. The number of para-hydroxylation sites is 1. The lowest BCUT2D eigenvalue weighted by Crippen LogP contribution is -2.44. The van der Waals surface area contributed by atoms with Crippen LogP contribution in [0, 0.1) is 5.92 Å². The summed E-state index contributed by atoms with van der Waals surface area (Å²) in [6, 6.07) is 14.3. The molecule has 166 valence electrons. The van der Waals surface area contributed by atoms with E-state index in [9.17, 15) is 14.4 Å². The highest BCUT2D eigenvalue weighted by atomic mass is 35.5. The number of carbonyl (C=O) groups is 2. The lowest BCUT2D eigenvalue weighted by atomic mass is 9.86. The Morgan fingerprint density at radius 3 is 2.47 bits per heavy atom. The molecule has 1 saturated carbocycles. The molecular weight excluding hydrogens is 430 g/mol. The maximum absolute atomic E-state index is 13.0. The third kappa shape index (κ3) is 4.78. The Kier molecular flexibility index (Phi) is 6.46. The van der Waals surface area contributed by atoms with Gasteiger partial charge in [0.05, 0.1) is 11.4 Å². The summed E-state index contributed by atoms with van der Waals surface area (Å²) in [6.07, 6.45) is 4.09. The van der Waals surface area contributed by atoms with Crippen LogP contribution in [0.5, 0.6) is 0 Å². The zero-order valence-electron chi connectivity index (χ0n) is 17.4. The summed E-state index contributed by atoms with van der Waals surface area (Å²) in [6.45, 7) is 0.0700. The molecule has 1 aromatic heterocycles. The average Bonchev–Trinajstić information content (AvgIpc) is 2.79. The molecule has 1 heterocycles. The highest BCUT2D eigenvalue weighted by Gasteiger charge is 2.26. The van der Waals surface area contributed by atoms with E-state index < -0.39 is 5.97 Å². The van der Waals surface area contributed by atoms with Crippen LogP contribution in [0.15, 0.2) is 59.5 Å². The van der Waals surface area contributed by atoms with Crippen molar-refractivity contribution in [3.63, 3.8) is 0 Å². The average molecular weight is 454 g/mol. The number of amides is 2. The first-order chi connectivity index (χ1) is 15.4. The number of nitrogens with zero attached hydrogens (tertiary/aromatic N) is 1. The number of hydrogen-bond donors (Lipinski definition) is 3. The molecule has 8 heteroatoms. The molecule has 0 spiro atoms. The Hall–Kier alpha value is -3.32. The van der Waals surface area contributed by atoms with Crippen molar-refractivity contribution < 1.29 is 14.7 Å². The highest BCUT2D eigenvalue weighted by molar-refractivity contribution is 6.31. The van der Waals surface area contributed by atoms with E-state index in [1.807, 2.05) is 34.9 Å². The summed E-state index contributed by atoms with van der Waals surface area (Å²) >= 11 is 6.18. The van der Waals surface area contributed by atoms with Gasteiger partial charge in [0.25, 0.3) is 0 Å². The van der Waals surface area contributed by atoms with Crippen molar-refractivity contribution in [3.05, 3.63) is 75.5 Å². The lowest BCUT2D eigenvalue weighted by molar-refractivity contribution is -0.142. The van der Waals surface area contributed by atoms with Crippen molar-refractivity contribution in [2.24, 2.45) is 5.92 Å². The van der Waals surface area contributed by atoms with Gasteiger partial charge in [0.2, 0.25) is 0 Å². The number of nitrogens with one attached hydrogen (secondary N) is 2. The van der Waals surface area contributed by atoms with Crippen LogP contribution < -0.4 is 16.1 Å². The molecule has 1 aliphatic carbocycles. The van der Waals surface area contributed by atoms with Crippen LogP contribution in [-0.2, 0) is 11.3 Å². The minimum absolute atomic E-state index is 0.0645. The van der Waals surface area contributed by atoms with E-state index in [-0.39, 0.29) is 30.0 Å². The topological polar surface area (TPSA) is 100 Å². The minimum atomic E-state index is -0.778. The van der Waals surface area contributed by atoms with E-state index in [4.69, 9.17) is 16.7 Å². The number of carboxylic acid groups (broad SMARTS) is 1. The SMILES string of the molecule is O=C(NCc1cn(-c2ccccc2)c2cc(Cl)ccc2c1=O)NC1CCC(C(=O)O)CC1. The van der Waals surface area contributed by atoms with Crippen molar-refractivity contribution in [3.8, 4) is 5.69 Å². The van der Waals surface area contributed by atoms with Crippen molar-refractivity contribution in [1.29, 1.82) is 0 Å². The number of carbonyl (C=O) groups excluding carboxylic acids is 1. The molecule has 2 amide bonds. The Bertz CT molecular complexity index is 1200. The maximum atomic E-state index is 13.0. The Labute approximate surface area is 190 Å². The van der Waals surface area contributed by atoms with E-state index >= 15 is 0 Å². The maximum Gasteiger partial charge on any atom is 0.315 e. The summed E-state index contributed by atoms with van der Waals surface area (Å²) in [4.78, 5) is 36.5. The van der Waals surface area contributed by atoms with Gasteiger partial charge in [-0.2, -0.15) is 0 Å². The normalized spacial score (nSPS) is 18.3. The molecule has 0 atom stereocenters. The molecule has 0 unspecified atom stereocenters. The van der Waals surface area contributed by atoms with Gasteiger partial charge < -0.3 is 20.3 Å². The zero-order chi connectivity index (χ0) is 22.7. The second-order valence-electron chi connectivity index (χ2n) is 8.06. The molecule has 0 bridgehead atoms. The zero-order valence-corrected chi connectivity index (χ0v) is 18.1. The fourth-order valence-corrected chi connectivity index (χ4v) is 4.34. The third-order valence-electron chi connectivity index (χ3n) is 5.93. The molecular formula is C24H24ClN3O4. The van der Waals surface area contributed by atoms with Gasteiger partial charge in [-0.25, -0.2) is 4.79 Å². The number of pyridine rings is 1. The molecule has 4 rings (SSSR count). The van der Waals surface area contributed by atoms with Crippen molar-refractivity contribution in [2.45, 2.75) is 38.3 Å². The summed E-state index contributed by atoms with van der Waals surface area (Å²) in [5.41, 5.74) is 1.86. The number of aromatic nitrogens is 1. The van der Waals surface area contributed by atoms with Gasteiger partial charge >= 0.3 is 12.0 Å². The van der Waals surface area contributed by atoms with Gasteiger partial charge in [-0.05, 0) is 56.0 Å². The van der Waals surface area contributed by atoms with Crippen LogP contribution in [0.3, 0.4) is 0 Å². The molecule has 2 aromatic carbocycles. The first kappa shape index (κ1) is 21.9. The van der Waals surface area contributed by atoms with Gasteiger partial charge in [-0.3, -0.25) is 9.59 Å². The van der Waals surface area contributed by atoms with Crippen LogP contribution in [0.4, 0.5) is 4.79 Å². The fraction of sp³-hybridized carbons (Fsp3) is 0.292. The molecule has 1 fully saturated rings. The summed E-state index contributed by atoms with van der Waals surface area (Å²) in [5.74, 6) is -1.11. The number of hydrogen-bond acceptors (Lipinski definition) is 3. The predicted octanol–water partition coefficient (Wildman–Crippen LogP) is 4.09. The molecule has 7 nitrogen and oxygen atoms in total. The van der Waals surface area contributed by atoms with Crippen LogP contribution >= 0.6 is 11.6 Å². The van der Waals surface area contributed by atoms with E-state index in [0.717, 1.165) is 5.69 Å². The second kappa shape index (κ2) is 9.44. The van der Waals surface area contributed by atoms with Gasteiger partial charge in [0.15, 0.2) is 5.43 Å².